The summed E-state index contributed by atoms with van der Waals surface area (Å²) in [6.45, 7) is 0.450. The van der Waals surface area contributed by atoms with E-state index in [1.54, 1.807) is 16.7 Å². The molecular formula is C20H13ClFNO. The molecule has 0 radical (unpaired) electrons. The highest BCUT2D eigenvalue weighted by Gasteiger charge is 2.12. The molecule has 0 aliphatic carbocycles. The fourth-order valence-corrected chi connectivity index (χ4v) is 3.24. The Labute approximate surface area is 142 Å². The third-order valence-electron chi connectivity index (χ3n) is 4.18. The van der Waals surface area contributed by atoms with E-state index in [0.717, 1.165) is 16.5 Å². The Bertz CT molecular complexity index is 1120. The molecule has 4 rings (SSSR count). The third kappa shape index (κ3) is 2.47. The lowest BCUT2D eigenvalue weighted by Crippen LogP contribution is -2.21. The second-order valence-electron chi connectivity index (χ2n) is 5.73. The molecule has 0 fully saturated rings. The van der Waals surface area contributed by atoms with E-state index in [9.17, 15) is 9.18 Å². The molecule has 0 bridgehead atoms. The average molecular weight is 338 g/mol. The zero-order chi connectivity index (χ0) is 16.7. The van der Waals surface area contributed by atoms with Gasteiger partial charge in [0.05, 0.1) is 12.1 Å². The molecule has 3 aromatic carbocycles. The van der Waals surface area contributed by atoms with Crippen molar-refractivity contribution < 1.29 is 4.39 Å². The van der Waals surface area contributed by atoms with Crippen LogP contribution in [0.1, 0.15) is 5.56 Å². The van der Waals surface area contributed by atoms with Crippen molar-refractivity contribution in [3.05, 3.63) is 93.5 Å². The minimum absolute atomic E-state index is 0.135. The van der Waals surface area contributed by atoms with Crippen molar-refractivity contribution in [2.24, 2.45) is 0 Å². The van der Waals surface area contributed by atoms with E-state index in [4.69, 9.17) is 11.6 Å². The van der Waals surface area contributed by atoms with Crippen LogP contribution in [0.4, 0.5) is 4.39 Å². The van der Waals surface area contributed by atoms with Crippen LogP contribution in [-0.4, -0.2) is 4.57 Å². The normalized spacial score (nSPS) is 11.2. The maximum absolute atomic E-state index is 13.7. The molecule has 2 nitrogen and oxygen atoms in total. The Balaban J connectivity index is 2.10. The van der Waals surface area contributed by atoms with Gasteiger partial charge in [-0.3, -0.25) is 4.79 Å². The highest BCUT2D eigenvalue weighted by Crippen LogP contribution is 2.27. The highest BCUT2D eigenvalue weighted by atomic mass is 35.5. The summed E-state index contributed by atoms with van der Waals surface area (Å²) >= 11 is 6.13. The lowest BCUT2D eigenvalue weighted by molar-refractivity contribution is 0.629. The van der Waals surface area contributed by atoms with Crippen molar-refractivity contribution in [1.82, 2.24) is 4.57 Å². The molecule has 1 aromatic heterocycles. The molecule has 24 heavy (non-hydrogen) atoms. The second-order valence-corrected chi connectivity index (χ2v) is 6.16. The molecule has 0 amide bonds. The van der Waals surface area contributed by atoms with Gasteiger partial charge in [0, 0.05) is 15.8 Å². The predicted molar refractivity (Wildman–Crippen MR) is 96.2 cm³/mol. The van der Waals surface area contributed by atoms with Crippen LogP contribution < -0.4 is 5.56 Å². The molecule has 0 aliphatic rings. The van der Waals surface area contributed by atoms with Gasteiger partial charge in [0.1, 0.15) is 5.82 Å². The topological polar surface area (TPSA) is 22.0 Å². The number of benzene rings is 3. The van der Waals surface area contributed by atoms with Gasteiger partial charge in [-0.15, -0.1) is 0 Å². The van der Waals surface area contributed by atoms with Crippen molar-refractivity contribution in [2.45, 2.75) is 6.54 Å². The first kappa shape index (κ1) is 14.9. The minimum Gasteiger partial charge on any atom is -0.303 e. The van der Waals surface area contributed by atoms with E-state index < -0.39 is 0 Å². The van der Waals surface area contributed by atoms with Gasteiger partial charge in [-0.25, -0.2) is 4.39 Å². The van der Waals surface area contributed by atoms with Crippen molar-refractivity contribution >= 4 is 33.3 Å². The summed E-state index contributed by atoms with van der Waals surface area (Å²) in [5.41, 5.74) is 1.63. The van der Waals surface area contributed by atoms with Crippen LogP contribution in [0.2, 0.25) is 5.02 Å². The molecule has 0 saturated carbocycles. The summed E-state index contributed by atoms with van der Waals surface area (Å²) < 4.78 is 15.4. The maximum atomic E-state index is 13.7. The lowest BCUT2D eigenvalue weighted by Gasteiger charge is -2.14. The molecule has 4 aromatic rings. The number of hydrogen-bond donors (Lipinski definition) is 0. The number of halogens is 2. The Kier molecular flexibility index (Phi) is 3.58. The summed E-state index contributed by atoms with van der Waals surface area (Å²) in [6.07, 6.45) is 0. The van der Waals surface area contributed by atoms with Gasteiger partial charge >= 0.3 is 0 Å². The second kappa shape index (κ2) is 5.77. The average Bonchev–Trinajstić information content (AvgIpc) is 2.59. The minimum atomic E-state index is -0.371. The molecule has 0 saturated heterocycles. The molecular weight excluding hydrogens is 325 g/mol. The Morgan fingerprint density at radius 1 is 0.875 bits per heavy atom. The van der Waals surface area contributed by atoms with E-state index in [-0.39, 0.29) is 11.4 Å². The fraction of sp³-hybridized carbons (Fsp3) is 0.0500. The van der Waals surface area contributed by atoms with Gasteiger partial charge < -0.3 is 4.57 Å². The van der Waals surface area contributed by atoms with Crippen LogP contribution >= 0.6 is 11.6 Å². The zero-order valence-electron chi connectivity index (χ0n) is 12.7. The third-order valence-corrected chi connectivity index (χ3v) is 4.42. The summed E-state index contributed by atoms with van der Waals surface area (Å²) in [4.78, 5) is 13.0. The van der Waals surface area contributed by atoms with E-state index in [1.807, 2.05) is 36.4 Å². The predicted octanol–water partition coefficient (Wildman–Crippen LogP) is 5.00. The van der Waals surface area contributed by atoms with E-state index in [2.05, 4.69) is 0 Å². The monoisotopic (exact) mass is 337 g/mol. The number of rotatable bonds is 2. The maximum Gasteiger partial charge on any atom is 0.259 e. The van der Waals surface area contributed by atoms with Gasteiger partial charge in [0.15, 0.2) is 0 Å². The van der Waals surface area contributed by atoms with Crippen LogP contribution in [0.15, 0.2) is 71.5 Å². The summed E-state index contributed by atoms with van der Waals surface area (Å²) in [6, 6.07) is 19.3. The number of hydrogen-bond acceptors (Lipinski definition) is 1. The van der Waals surface area contributed by atoms with Gasteiger partial charge in [-0.1, -0.05) is 41.9 Å². The lowest BCUT2D eigenvalue weighted by atomic mass is 10.1. The molecule has 0 aliphatic heterocycles. The molecule has 0 N–H and O–H groups in total. The first-order valence-corrected chi connectivity index (χ1v) is 7.96. The number of pyridine rings is 1. The van der Waals surface area contributed by atoms with Gasteiger partial charge in [-0.05, 0) is 47.3 Å². The summed E-state index contributed by atoms with van der Waals surface area (Å²) in [5.74, 6) is -0.371. The molecule has 118 valence electrons. The van der Waals surface area contributed by atoms with Crippen LogP contribution in [0.3, 0.4) is 0 Å². The van der Waals surface area contributed by atoms with Crippen molar-refractivity contribution in [3.8, 4) is 0 Å². The summed E-state index contributed by atoms with van der Waals surface area (Å²) in [7, 11) is 0. The Hall–Kier alpha value is -2.65. The van der Waals surface area contributed by atoms with Gasteiger partial charge in [0.25, 0.3) is 5.56 Å². The molecule has 4 heteroatoms. The quantitative estimate of drug-likeness (QED) is 0.472. The highest BCUT2D eigenvalue weighted by molar-refractivity contribution is 6.31. The first-order valence-electron chi connectivity index (χ1n) is 7.59. The first-order chi connectivity index (χ1) is 11.6. The van der Waals surface area contributed by atoms with Gasteiger partial charge in [0.2, 0.25) is 0 Å². The van der Waals surface area contributed by atoms with Crippen molar-refractivity contribution in [2.75, 3.05) is 0 Å². The van der Waals surface area contributed by atoms with Crippen LogP contribution in [0, 0.1) is 5.82 Å². The number of nitrogens with zero attached hydrogens (tertiary/aromatic N) is 1. The van der Waals surface area contributed by atoms with Crippen LogP contribution in [0.25, 0.3) is 21.7 Å². The smallest absolute Gasteiger partial charge is 0.259 e. The molecule has 1 heterocycles. The summed E-state index contributed by atoms with van der Waals surface area (Å²) in [5, 5.41) is 2.40. The Morgan fingerprint density at radius 3 is 2.46 bits per heavy atom. The molecule has 0 spiro atoms. The fourth-order valence-electron chi connectivity index (χ4n) is 3.06. The number of fused-ring (bicyclic) bond motifs is 3. The molecule has 0 atom stereocenters. The van der Waals surface area contributed by atoms with E-state index >= 15 is 0 Å². The van der Waals surface area contributed by atoms with Crippen molar-refractivity contribution in [1.29, 1.82) is 0 Å². The van der Waals surface area contributed by atoms with E-state index in [1.165, 1.54) is 18.2 Å². The van der Waals surface area contributed by atoms with Crippen molar-refractivity contribution in [3.63, 3.8) is 0 Å². The SMILES string of the molecule is O=c1c2ccc(F)cc2c2cc(Cl)ccc2n1Cc1ccccc1. The molecule has 0 unspecified atom stereocenters. The van der Waals surface area contributed by atoms with E-state index in [0.29, 0.717) is 22.3 Å². The Morgan fingerprint density at radius 2 is 1.67 bits per heavy atom. The standard InChI is InChI=1S/C20H13ClFNO/c21-14-6-9-19-18(10-14)17-11-15(22)7-8-16(17)20(24)23(19)12-13-4-2-1-3-5-13/h1-11H,12H2. The largest absolute Gasteiger partial charge is 0.303 e. The zero-order valence-corrected chi connectivity index (χ0v) is 13.4. The van der Waals surface area contributed by atoms with Gasteiger partial charge in [-0.2, -0.15) is 0 Å². The number of aromatic nitrogens is 1. The van der Waals surface area contributed by atoms with Crippen LogP contribution in [-0.2, 0) is 6.54 Å². The van der Waals surface area contributed by atoms with Crippen LogP contribution in [0.5, 0.6) is 0 Å².